The second kappa shape index (κ2) is 17.3. The summed E-state index contributed by atoms with van der Waals surface area (Å²) in [4.78, 5) is 26.9. The highest BCUT2D eigenvalue weighted by Gasteiger charge is 2.43. The minimum Gasteiger partial charge on any atom is -0.461 e. The molecule has 0 aromatic heterocycles. The van der Waals surface area contributed by atoms with E-state index in [1.807, 2.05) is 54.6 Å². The molecule has 47 heavy (non-hydrogen) atoms. The minimum absolute atomic E-state index is 0.0258. The first-order chi connectivity index (χ1) is 22.3. The molecule has 1 amide bonds. The van der Waals surface area contributed by atoms with Crippen LogP contribution >= 0.6 is 11.8 Å². The van der Waals surface area contributed by atoms with Crippen molar-refractivity contribution >= 4 is 32.0 Å². The fourth-order valence-corrected chi connectivity index (χ4v) is 8.19. The summed E-state index contributed by atoms with van der Waals surface area (Å²) in [6.07, 6.45) is 1.79. The van der Waals surface area contributed by atoms with Gasteiger partial charge < -0.3 is 20.2 Å². The van der Waals surface area contributed by atoms with Crippen LogP contribution < -0.4 is 11.1 Å². The molecule has 0 aliphatic heterocycles. The van der Waals surface area contributed by atoms with E-state index in [2.05, 4.69) is 96.0 Å². The highest BCUT2D eigenvalue weighted by atomic mass is 32.2. The van der Waals surface area contributed by atoms with Gasteiger partial charge in [0.1, 0.15) is 6.61 Å². The molecule has 4 atom stereocenters. The summed E-state index contributed by atoms with van der Waals surface area (Å²) in [6, 6.07) is 29.8. The first-order valence-electron chi connectivity index (χ1n) is 16.6. The van der Waals surface area contributed by atoms with Gasteiger partial charge >= 0.3 is 5.97 Å². The molecule has 0 saturated carbocycles. The predicted octanol–water partition coefficient (Wildman–Crippen LogP) is 8.08. The molecule has 0 heterocycles. The number of esters is 1. The normalized spacial score (nSPS) is 14.8. The summed E-state index contributed by atoms with van der Waals surface area (Å²) in [5, 5.41) is 3.16. The Morgan fingerprint density at radius 2 is 1.38 bits per heavy atom. The number of carbonyl (C=O) groups is 2. The second-order valence-electron chi connectivity index (χ2n) is 13.7. The van der Waals surface area contributed by atoms with Crippen LogP contribution in [0.3, 0.4) is 0 Å². The van der Waals surface area contributed by atoms with Crippen molar-refractivity contribution in [3.8, 4) is 0 Å². The number of hydrogen-bond donors (Lipinski definition) is 2. The van der Waals surface area contributed by atoms with E-state index in [1.165, 1.54) is 0 Å². The van der Waals surface area contributed by atoms with Crippen molar-refractivity contribution in [2.24, 2.45) is 11.7 Å². The number of thioether (sulfide) groups is 1. The van der Waals surface area contributed by atoms with Crippen LogP contribution in [-0.4, -0.2) is 50.7 Å². The number of amides is 1. The van der Waals surface area contributed by atoms with Crippen LogP contribution in [0, 0.1) is 5.92 Å². The molecule has 0 radical (unpaired) electrons. The van der Waals surface area contributed by atoms with E-state index in [0.717, 1.165) is 23.1 Å². The van der Waals surface area contributed by atoms with E-state index < -0.39 is 31.3 Å². The molecule has 0 spiro atoms. The molecule has 3 N–H and O–H groups in total. The summed E-state index contributed by atoms with van der Waals surface area (Å²) >= 11 is 1.65. The summed E-state index contributed by atoms with van der Waals surface area (Å²) in [7, 11) is -2.33. The Morgan fingerprint density at radius 3 is 1.79 bits per heavy atom. The molecule has 0 saturated heterocycles. The molecule has 3 aromatic rings. The number of nitrogens with two attached hydrogens (primary N) is 1. The van der Waals surface area contributed by atoms with Gasteiger partial charge in [-0.3, -0.25) is 9.59 Å². The van der Waals surface area contributed by atoms with Gasteiger partial charge in [-0.25, -0.2) is 0 Å². The number of ether oxygens (including phenoxy) is 1. The molecule has 254 valence electrons. The van der Waals surface area contributed by atoms with Gasteiger partial charge in [0, 0.05) is 5.75 Å². The van der Waals surface area contributed by atoms with Crippen molar-refractivity contribution in [1.82, 2.24) is 5.32 Å². The first kappa shape index (κ1) is 38.3. The minimum atomic E-state index is -2.33. The fraction of sp³-hybridized carbons (Fsp3) is 0.436. The standard InChI is InChI=1S/C39H54N2O4SSi/c1-9-26-44-35(42)27-34(45-47(7,8)38(4,5)6)36(29(3)10-2)41-37(43)33(40)28-46-39(30-20-14-11-15-21-30,31-22-16-12-17-23-31)32-24-18-13-19-25-32/h9,11-25,29,33-34,36H,1,10,26-28,40H2,2-8H3,(H,41,43)/t29-,33+,34-,36+/m0/s1. The van der Waals surface area contributed by atoms with Crippen LogP contribution in [0.25, 0.3) is 0 Å². The van der Waals surface area contributed by atoms with Crippen LogP contribution in [0.4, 0.5) is 0 Å². The van der Waals surface area contributed by atoms with Crippen molar-refractivity contribution in [2.45, 2.75) is 88.5 Å². The van der Waals surface area contributed by atoms with Gasteiger partial charge in [-0.2, -0.15) is 0 Å². The van der Waals surface area contributed by atoms with Crippen LogP contribution in [0.1, 0.15) is 64.2 Å². The zero-order valence-electron chi connectivity index (χ0n) is 29.2. The number of rotatable bonds is 17. The molecular weight excluding hydrogens is 621 g/mol. The van der Waals surface area contributed by atoms with Crippen molar-refractivity contribution in [1.29, 1.82) is 0 Å². The third-order valence-corrected chi connectivity index (χ3v) is 15.5. The number of carbonyl (C=O) groups excluding carboxylic acids is 2. The maximum Gasteiger partial charge on any atom is 0.308 e. The predicted molar refractivity (Wildman–Crippen MR) is 199 cm³/mol. The zero-order valence-corrected chi connectivity index (χ0v) is 31.0. The van der Waals surface area contributed by atoms with E-state index in [0.29, 0.717) is 5.75 Å². The highest BCUT2D eigenvalue weighted by Crippen LogP contribution is 2.48. The Hall–Kier alpha value is -3.17. The molecule has 0 aliphatic carbocycles. The SMILES string of the molecule is C=CCOC(=O)C[C@H](O[Si](C)(C)C(C)(C)C)[C@H](NC(=O)[C@H](N)CSC(c1ccccc1)(c1ccccc1)c1ccccc1)[C@@H](C)CC. The fourth-order valence-electron chi connectivity index (χ4n) is 5.36. The monoisotopic (exact) mass is 674 g/mol. The lowest BCUT2D eigenvalue weighted by atomic mass is 9.84. The molecule has 0 aliphatic rings. The molecule has 0 fully saturated rings. The van der Waals surface area contributed by atoms with Crippen molar-refractivity contribution < 1.29 is 18.8 Å². The van der Waals surface area contributed by atoms with Crippen LogP contribution in [0.5, 0.6) is 0 Å². The van der Waals surface area contributed by atoms with Gasteiger partial charge in [0.25, 0.3) is 0 Å². The summed E-state index contributed by atoms with van der Waals surface area (Å²) < 4.78 is 11.6. The first-order valence-corrected chi connectivity index (χ1v) is 20.5. The Labute approximate surface area is 288 Å². The molecule has 3 aromatic carbocycles. The Balaban J connectivity index is 1.95. The van der Waals surface area contributed by atoms with Gasteiger partial charge in [0.2, 0.25) is 5.91 Å². The molecular formula is C39H54N2O4SSi. The van der Waals surface area contributed by atoms with Gasteiger partial charge in [0.15, 0.2) is 8.32 Å². The third kappa shape index (κ3) is 9.92. The topological polar surface area (TPSA) is 90.6 Å². The molecule has 3 rings (SSSR count). The molecule has 6 nitrogen and oxygen atoms in total. The quantitative estimate of drug-likeness (QED) is 0.0651. The average molecular weight is 675 g/mol. The van der Waals surface area contributed by atoms with Gasteiger partial charge in [-0.15, -0.1) is 11.8 Å². The Morgan fingerprint density at radius 1 is 0.915 bits per heavy atom. The van der Waals surface area contributed by atoms with Crippen LogP contribution in [-0.2, 0) is 23.5 Å². The lowest BCUT2D eigenvalue weighted by molar-refractivity contribution is -0.145. The summed E-state index contributed by atoms with van der Waals surface area (Å²) in [5.41, 5.74) is 10.1. The van der Waals surface area contributed by atoms with Gasteiger partial charge in [-0.05, 0) is 40.7 Å². The lowest BCUT2D eigenvalue weighted by Gasteiger charge is -2.42. The van der Waals surface area contributed by atoms with E-state index in [1.54, 1.807) is 17.8 Å². The van der Waals surface area contributed by atoms with E-state index >= 15 is 0 Å². The van der Waals surface area contributed by atoms with Crippen molar-refractivity contribution in [3.05, 3.63) is 120 Å². The van der Waals surface area contributed by atoms with Gasteiger partial charge in [-0.1, -0.05) is 145 Å². The third-order valence-electron chi connectivity index (χ3n) is 9.31. The second-order valence-corrected chi connectivity index (χ2v) is 19.7. The summed E-state index contributed by atoms with van der Waals surface area (Å²) in [6.45, 7) is 18.7. The van der Waals surface area contributed by atoms with Gasteiger partial charge in [0.05, 0.1) is 29.4 Å². The largest absolute Gasteiger partial charge is 0.461 e. The Kier molecular flexibility index (Phi) is 14.1. The molecule has 0 unspecified atom stereocenters. The highest BCUT2D eigenvalue weighted by molar-refractivity contribution is 8.00. The van der Waals surface area contributed by atoms with E-state index in [9.17, 15) is 9.59 Å². The lowest BCUT2D eigenvalue weighted by Crippen LogP contribution is -2.57. The number of benzene rings is 3. The molecule has 8 heteroatoms. The maximum absolute atomic E-state index is 14.0. The molecule has 0 bridgehead atoms. The average Bonchev–Trinajstić information content (AvgIpc) is 3.06. The van der Waals surface area contributed by atoms with E-state index in [-0.39, 0.29) is 35.9 Å². The zero-order chi connectivity index (χ0) is 34.7. The maximum atomic E-state index is 14.0. The number of hydrogen-bond acceptors (Lipinski definition) is 6. The van der Waals surface area contributed by atoms with Crippen LogP contribution in [0.2, 0.25) is 18.1 Å². The Bertz CT molecular complexity index is 1320. The smallest absolute Gasteiger partial charge is 0.308 e. The number of nitrogens with one attached hydrogen (secondary N) is 1. The van der Waals surface area contributed by atoms with Crippen LogP contribution in [0.15, 0.2) is 104 Å². The van der Waals surface area contributed by atoms with Crippen molar-refractivity contribution in [3.63, 3.8) is 0 Å². The van der Waals surface area contributed by atoms with Crippen molar-refractivity contribution in [2.75, 3.05) is 12.4 Å². The summed E-state index contributed by atoms with van der Waals surface area (Å²) in [5.74, 6) is -0.270. The van der Waals surface area contributed by atoms with E-state index in [4.69, 9.17) is 14.9 Å².